The van der Waals surface area contributed by atoms with Gasteiger partial charge in [0.05, 0.1) is 0 Å². The van der Waals surface area contributed by atoms with Crippen LogP contribution in [0.15, 0.2) is 60.7 Å². The van der Waals surface area contributed by atoms with E-state index in [-0.39, 0.29) is 0 Å². The van der Waals surface area contributed by atoms with Crippen LogP contribution in [0.5, 0.6) is 0 Å². The van der Waals surface area contributed by atoms with Crippen molar-refractivity contribution in [3.63, 3.8) is 0 Å². The van der Waals surface area contributed by atoms with Crippen molar-refractivity contribution in [1.82, 2.24) is 9.80 Å². The van der Waals surface area contributed by atoms with E-state index in [1.54, 1.807) is 0 Å². The van der Waals surface area contributed by atoms with Gasteiger partial charge in [0.1, 0.15) is 0 Å². The third-order valence-corrected chi connectivity index (χ3v) is 6.40. The van der Waals surface area contributed by atoms with E-state index in [2.05, 4.69) is 70.5 Å². The molecule has 2 saturated carbocycles. The highest BCUT2D eigenvalue weighted by molar-refractivity contribution is 5.23. The molecular weight excluding hydrogens is 292 g/mol. The smallest absolute Gasteiger partial charge is 0.0342 e. The van der Waals surface area contributed by atoms with Gasteiger partial charge in [0, 0.05) is 37.3 Å². The quantitative estimate of drug-likeness (QED) is 0.838. The second-order valence-corrected chi connectivity index (χ2v) is 8.13. The minimum atomic E-state index is 0.457. The van der Waals surface area contributed by atoms with Gasteiger partial charge in [-0.1, -0.05) is 60.7 Å². The molecule has 24 heavy (non-hydrogen) atoms. The number of nitrogens with zero attached hydrogens (tertiary/aromatic N) is 2. The average Bonchev–Trinajstić information content (AvgIpc) is 3.52. The summed E-state index contributed by atoms with van der Waals surface area (Å²) in [5.41, 5.74) is 3.85. The number of rotatable bonds is 4. The third kappa shape index (κ3) is 2.58. The SMILES string of the molecule is c1ccc(CN2CC3(CC3)N(Cc3ccccc3)CC23CC3)cc1. The zero-order valence-corrected chi connectivity index (χ0v) is 14.3. The molecule has 1 saturated heterocycles. The topological polar surface area (TPSA) is 6.48 Å². The lowest BCUT2D eigenvalue weighted by atomic mass is 10.00. The van der Waals surface area contributed by atoms with Gasteiger partial charge < -0.3 is 0 Å². The van der Waals surface area contributed by atoms with Crippen molar-refractivity contribution in [1.29, 1.82) is 0 Å². The molecule has 2 aromatic rings. The molecule has 0 bridgehead atoms. The van der Waals surface area contributed by atoms with Gasteiger partial charge in [-0.05, 0) is 36.8 Å². The highest BCUT2D eigenvalue weighted by Gasteiger charge is 2.61. The number of hydrogen-bond acceptors (Lipinski definition) is 2. The van der Waals surface area contributed by atoms with Crippen molar-refractivity contribution in [2.24, 2.45) is 0 Å². The molecule has 124 valence electrons. The van der Waals surface area contributed by atoms with Gasteiger partial charge in [0.25, 0.3) is 0 Å². The van der Waals surface area contributed by atoms with Crippen molar-refractivity contribution in [3.8, 4) is 0 Å². The largest absolute Gasteiger partial charge is 0.290 e. The second-order valence-electron chi connectivity index (χ2n) is 8.13. The predicted molar refractivity (Wildman–Crippen MR) is 97.6 cm³/mol. The predicted octanol–water partition coefficient (Wildman–Crippen LogP) is 4.07. The molecule has 0 radical (unpaired) electrons. The Labute approximate surface area is 145 Å². The summed E-state index contributed by atoms with van der Waals surface area (Å²) in [7, 11) is 0. The van der Waals surface area contributed by atoms with E-state index in [0.29, 0.717) is 11.1 Å². The Balaban J connectivity index is 1.36. The summed E-state index contributed by atoms with van der Waals surface area (Å²) in [6, 6.07) is 22.1. The van der Waals surface area contributed by atoms with Gasteiger partial charge in [-0.25, -0.2) is 0 Å². The zero-order valence-electron chi connectivity index (χ0n) is 14.3. The van der Waals surface area contributed by atoms with E-state index in [0.717, 1.165) is 13.1 Å². The Morgan fingerprint density at radius 1 is 0.583 bits per heavy atom. The molecule has 0 amide bonds. The van der Waals surface area contributed by atoms with Crippen LogP contribution >= 0.6 is 0 Å². The number of benzene rings is 2. The van der Waals surface area contributed by atoms with Crippen LogP contribution in [-0.4, -0.2) is 34.0 Å². The maximum atomic E-state index is 2.82. The monoisotopic (exact) mass is 318 g/mol. The van der Waals surface area contributed by atoms with Crippen molar-refractivity contribution in [2.75, 3.05) is 13.1 Å². The van der Waals surface area contributed by atoms with Crippen LogP contribution in [-0.2, 0) is 13.1 Å². The first-order valence-electron chi connectivity index (χ1n) is 9.36. The molecule has 2 spiro atoms. The summed E-state index contributed by atoms with van der Waals surface area (Å²) in [6.07, 6.45) is 5.50. The van der Waals surface area contributed by atoms with Gasteiger partial charge in [0.2, 0.25) is 0 Å². The van der Waals surface area contributed by atoms with Crippen LogP contribution in [0.25, 0.3) is 0 Å². The fourth-order valence-electron chi connectivity index (χ4n) is 4.54. The van der Waals surface area contributed by atoms with Gasteiger partial charge >= 0.3 is 0 Å². The van der Waals surface area contributed by atoms with Crippen LogP contribution in [0.3, 0.4) is 0 Å². The van der Waals surface area contributed by atoms with Crippen molar-refractivity contribution in [3.05, 3.63) is 71.8 Å². The van der Waals surface area contributed by atoms with E-state index >= 15 is 0 Å². The van der Waals surface area contributed by atoms with Crippen LogP contribution < -0.4 is 0 Å². The van der Waals surface area contributed by atoms with Crippen LogP contribution in [0.1, 0.15) is 36.8 Å². The Morgan fingerprint density at radius 3 is 1.29 bits per heavy atom. The van der Waals surface area contributed by atoms with Gasteiger partial charge in [-0.15, -0.1) is 0 Å². The normalized spacial score (nSPS) is 24.3. The van der Waals surface area contributed by atoms with Crippen LogP contribution in [0.4, 0.5) is 0 Å². The van der Waals surface area contributed by atoms with Gasteiger partial charge in [-0.3, -0.25) is 9.80 Å². The van der Waals surface area contributed by atoms with Crippen LogP contribution in [0, 0.1) is 0 Å². The Morgan fingerprint density at radius 2 is 0.958 bits per heavy atom. The number of piperazine rings is 1. The fraction of sp³-hybridized carbons (Fsp3) is 0.455. The highest BCUT2D eigenvalue weighted by Crippen LogP contribution is 2.54. The van der Waals surface area contributed by atoms with E-state index < -0.39 is 0 Å². The molecule has 2 nitrogen and oxygen atoms in total. The second kappa shape index (κ2) is 5.44. The Hall–Kier alpha value is -1.64. The lowest BCUT2D eigenvalue weighted by Gasteiger charge is -2.48. The molecule has 3 fully saturated rings. The third-order valence-electron chi connectivity index (χ3n) is 6.40. The lowest BCUT2D eigenvalue weighted by molar-refractivity contribution is -0.00765. The Bertz CT molecular complexity index is 638. The van der Waals surface area contributed by atoms with Crippen molar-refractivity contribution >= 4 is 0 Å². The molecule has 2 aromatic carbocycles. The van der Waals surface area contributed by atoms with E-state index in [1.807, 2.05) is 0 Å². The van der Waals surface area contributed by atoms with Gasteiger partial charge in [-0.2, -0.15) is 0 Å². The maximum Gasteiger partial charge on any atom is 0.0342 e. The van der Waals surface area contributed by atoms with E-state index in [9.17, 15) is 0 Å². The van der Waals surface area contributed by atoms with Crippen LogP contribution in [0.2, 0.25) is 0 Å². The minimum Gasteiger partial charge on any atom is -0.290 e. The minimum absolute atomic E-state index is 0.457. The molecule has 0 N–H and O–H groups in total. The molecule has 0 atom stereocenters. The summed E-state index contributed by atoms with van der Waals surface area (Å²) in [4.78, 5) is 5.63. The lowest BCUT2D eigenvalue weighted by Crippen LogP contribution is -2.60. The standard InChI is InChI=1S/C22H26N2/c1-3-7-19(8-4-1)15-23-17-22(13-14-22)24(18-21(23)11-12-21)16-20-9-5-2-6-10-20/h1-10H,11-18H2. The van der Waals surface area contributed by atoms with E-state index in [4.69, 9.17) is 0 Å². The summed E-state index contributed by atoms with van der Waals surface area (Å²) in [6.45, 7) is 4.77. The molecule has 3 aliphatic rings. The molecule has 1 aliphatic heterocycles. The maximum absolute atomic E-state index is 2.82. The summed E-state index contributed by atoms with van der Waals surface area (Å²) in [5.74, 6) is 0. The molecule has 2 aliphatic carbocycles. The molecule has 5 rings (SSSR count). The van der Waals surface area contributed by atoms with Crippen molar-refractivity contribution in [2.45, 2.75) is 49.9 Å². The molecule has 0 aromatic heterocycles. The van der Waals surface area contributed by atoms with E-state index in [1.165, 1.54) is 49.9 Å². The number of hydrogen-bond donors (Lipinski definition) is 0. The first-order chi connectivity index (χ1) is 11.8. The molecule has 0 unspecified atom stereocenters. The first-order valence-corrected chi connectivity index (χ1v) is 9.36. The molecule has 1 heterocycles. The summed E-state index contributed by atoms with van der Waals surface area (Å²) < 4.78 is 0. The van der Waals surface area contributed by atoms with Crippen molar-refractivity contribution < 1.29 is 0 Å². The average molecular weight is 318 g/mol. The fourth-order valence-corrected chi connectivity index (χ4v) is 4.54. The first kappa shape index (κ1) is 14.7. The molecule has 2 heteroatoms. The summed E-state index contributed by atoms with van der Waals surface area (Å²) >= 11 is 0. The molecular formula is C22H26N2. The zero-order chi connectivity index (χ0) is 16.0. The summed E-state index contributed by atoms with van der Waals surface area (Å²) in [5, 5.41) is 0. The van der Waals surface area contributed by atoms with Gasteiger partial charge in [0.15, 0.2) is 0 Å². The Kier molecular flexibility index (Phi) is 3.33. The highest BCUT2D eigenvalue weighted by atomic mass is 15.4.